The second-order valence-electron chi connectivity index (χ2n) is 8.49. The predicted molar refractivity (Wildman–Crippen MR) is 160 cm³/mol. The van der Waals surface area contributed by atoms with Gasteiger partial charge in [0, 0.05) is 63.4 Å². The number of nitrogens with one attached hydrogen (secondary N) is 2. The number of carbonyl (C=O) groups excluding carboxylic acids is 1. The van der Waals surface area contributed by atoms with E-state index in [4.69, 9.17) is 25.9 Å². The van der Waals surface area contributed by atoms with Crippen molar-refractivity contribution < 1.29 is 30.7 Å². The minimum Gasteiger partial charge on any atom is -0.494 e. The molecule has 0 saturated carbocycles. The first-order valence-electron chi connectivity index (χ1n) is 18.6. The number of anilines is 4. The number of rotatable bonds is 10. The van der Waals surface area contributed by atoms with E-state index in [1.165, 1.54) is 19.4 Å². The summed E-state index contributed by atoms with van der Waals surface area (Å²) in [4.78, 5) is 23.2. The van der Waals surface area contributed by atoms with Gasteiger partial charge in [-0.25, -0.2) is 9.67 Å². The summed E-state index contributed by atoms with van der Waals surface area (Å²) in [5.41, 5.74) is -0.640. The van der Waals surface area contributed by atoms with E-state index in [0.717, 1.165) is 10.8 Å². The third kappa shape index (κ3) is 6.53. The zero-order valence-corrected chi connectivity index (χ0v) is 22.0. The number of aromatic nitrogens is 4. The zero-order chi connectivity index (χ0) is 38.9. The van der Waals surface area contributed by atoms with E-state index in [-0.39, 0.29) is 16.7 Å². The van der Waals surface area contributed by atoms with Crippen LogP contribution in [0.2, 0.25) is 0 Å². The Kier molecular flexibility index (Phi) is 5.08. The van der Waals surface area contributed by atoms with E-state index in [1.807, 2.05) is 4.90 Å². The first-order chi connectivity index (χ1) is 25.0. The second kappa shape index (κ2) is 12.6. The monoisotopic (exact) mass is 566 g/mol. The minimum atomic E-state index is -3.15. The van der Waals surface area contributed by atoms with Gasteiger partial charge in [0.2, 0.25) is 11.9 Å². The topological polar surface area (TPSA) is 110 Å². The molecule has 2 aromatic heterocycles. The van der Waals surface area contributed by atoms with Crippen LogP contribution in [0.5, 0.6) is 5.75 Å². The summed E-state index contributed by atoms with van der Waals surface area (Å²) >= 11 is 0. The molecule has 0 atom stereocenters. The Morgan fingerprint density at radius 3 is 2.80 bits per heavy atom. The van der Waals surface area contributed by atoms with Gasteiger partial charge in [-0.3, -0.25) is 4.79 Å². The largest absolute Gasteiger partial charge is 0.494 e. The van der Waals surface area contributed by atoms with Crippen LogP contribution in [0.4, 0.5) is 23.0 Å². The summed E-state index contributed by atoms with van der Waals surface area (Å²) in [6.45, 7) is -2.05. The highest BCUT2D eigenvalue weighted by molar-refractivity contribution is 6.02. The highest BCUT2D eigenvalue weighted by atomic mass is 16.5. The van der Waals surface area contributed by atoms with Gasteiger partial charge in [0.15, 0.2) is 5.82 Å². The average Bonchev–Trinajstić information content (AvgIpc) is 3.47. The quantitative estimate of drug-likeness (QED) is 0.274. The third-order valence-corrected chi connectivity index (χ3v) is 5.85. The van der Waals surface area contributed by atoms with Crippen LogP contribution in [0.3, 0.4) is 0 Å². The van der Waals surface area contributed by atoms with Gasteiger partial charge in [-0.2, -0.15) is 10.1 Å². The summed E-state index contributed by atoms with van der Waals surface area (Å²) in [6, 6.07) is 0.772. The van der Waals surface area contributed by atoms with Crippen molar-refractivity contribution in [1.82, 2.24) is 24.6 Å². The van der Waals surface area contributed by atoms with Gasteiger partial charge in [-0.15, -0.1) is 0 Å². The molecule has 11 heteroatoms. The molecule has 4 aromatic rings. The molecule has 0 bridgehead atoms. The van der Waals surface area contributed by atoms with E-state index < -0.39 is 79.6 Å². The fraction of sp³-hybridized carbons (Fsp3) is 0.267. The lowest BCUT2D eigenvalue weighted by molar-refractivity contribution is -0.111. The number of hydrogen-bond acceptors (Lipinski definition) is 9. The Hall–Kier alpha value is -4.74. The summed E-state index contributed by atoms with van der Waals surface area (Å²) in [5, 5.41) is 10.1. The van der Waals surface area contributed by atoms with Crippen molar-refractivity contribution in [3.63, 3.8) is 0 Å². The van der Waals surface area contributed by atoms with Crippen molar-refractivity contribution in [2.45, 2.75) is 6.50 Å². The van der Waals surface area contributed by atoms with Gasteiger partial charge in [0.25, 0.3) is 0 Å². The number of methoxy groups -OCH3 is 1. The van der Waals surface area contributed by atoms with E-state index in [1.54, 1.807) is 12.1 Å². The number of nitrogens with zero attached hydrogens (tertiary/aromatic N) is 6. The summed E-state index contributed by atoms with van der Waals surface area (Å²) in [6.07, 6.45) is 1.61. The van der Waals surface area contributed by atoms with Gasteiger partial charge in [-0.1, -0.05) is 36.8 Å². The lowest BCUT2D eigenvalue weighted by Gasteiger charge is -2.31. The van der Waals surface area contributed by atoms with E-state index in [9.17, 15) is 4.79 Å². The van der Waals surface area contributed by atoms with Crippen molar-refractivity contribution in [2.24, 2.45) is 0 Å². The molecule has 1 fully saturated rings. The molecular formula is C30H34N8O3. The van der Waals surface area contributed by atoms with E-state index in [0.29, 0.717) is 49.1 Å². The van der Waals surface area contributed by atoms with Crippen molar-refractivity contribution in [3.8, 4) is 22.8 Å². The zero-order valence-electron chi connectivity index (χ0n) is 34.0. The Morgan fingerprint density at radius 2 is 2.07 bits per heavy atom. The van der Waals surface area contributed by atoms with Gasteiger partial charge >= 0.3 is 0 Å². The lowest BCUT2D eigenvalue weighted by atomic mass is 10.1. The number of hydrogen-bond donors (Lipinski definition) is 2. The van der Waals surface area contributed by atoms with Crippen molar-refractivity contribution >= 4 is 28.9 Å². The van der Waals surface area contributed by atoms with Gasteiger partial charge in [0.05, 0.1) is 51.3 Å². The highest BCUT2D eigenvalue weighted by Crippen LogP contribution is 2.38. The van der Waals surface area contributed by atoms with Gasteiger partial charge < -0.3 is 29.9 Å². The molecule has 0 spiro atoms. The number of benzene rings is 2. The standard InChI is InChI=1S/C30H34N8O3/c1-5-28(39)32-23-17-24(26(40-4)18-25(23)37-13-15-41-16-14-37)33-30-31-12-11-27(34-30)38-20-22(19-36(2)3)29(35-38)21-9-7-6-8-10-21/h5-12,17-18,20H,1,13-16,19H2,2-4H3,(H,32,39)(H,31,33,34)/i2D2,3D2,6D,7D,8D,9D,10D,19D2,20D. The Bertz CT molecular complexity index is 2010. The first kappa shape index (κ1) is 16.5. The SMILES string of the molecule is [2H]c1c([2H])c([2H])c(-c2nn(-c3ccnc(Nc4cc(NC(=O)C=C)c(N5CCOCC5)cc4OC)n3)c([2H])c2C([2H])([2H])N(C([2H])[2H])C([2H])[2H])c([2H])c1[2H]. The molecule has 1 saturated heterocycles. The van der Waals surface area contributed by atoms with Gasteiger partial charge in [0.1, 0.15) is 5.75 Å². The number of ether oxygens (including phenoxy) is 2. The maximum Gasteiger partial charge on any atom is 0.247 e. The molecule has 5 rings (SSSR count). The summed E-state index contributed by atoms with van der Waals surface area (Å²) < 4.78 is 112. The smallest absolute Gasteiger partial charge is 0.247 e. The van der Waals surface area contributed by atoms with Crippen LogP contribution in [0.25, 0.3) is 17.1 Å². The number of carbonyl (C=O) groups is 1. The third-order valence-electron chi connectivity index (χ3n) is 5.85. The van der Waals surface area contributed by atoms with Crippen molar-refractivity contribution in [1.29, 1.82) is 0 Å². The Labute approximate surface area is 256 Å². The molecule has 2 aromatic carbocycles. The van der Waals surface area contributed by atoms with Crippen LogP contribution in [0, 0.1) is 0 Å². The normalized spacial score (nSPS) is 17.9. The number of morpholine rings is 1. The molecule has 212 valence electrons. The van der Waals surface area contributed by atoms with E-state index in [2.05, 4.69) is 32.3 Å². The molecule has 11 nitrogen and oxygen atoms in total. The molecule has 0 radical (unpaired) electrons. The van der Waals surface area contributed by atoms with E-state index >= 15 is 0 Å². The summed E-state index contributed by atoms with van der Waals surface area (Å²) in [5.74, 6) is -0.400. The fourth-order valence-corrected chi connectivity index (χ4v) is 4.03. The molecule has 1 amide bonds. The maximum absolute atomic E-state index is 12.4. The predicted octanol–water partition coefficient (Wildman–Crippen LogP) is 4.10. The average molecular weight is 567 g/mol. The summed E-state index contributed by atoms with van der Waals surface area (Å²) in [7, 11) is 1.44. The molecule has 0 unspecified atom stereocenters. The Morgan fingerprint density at radius 1 is 1.27 bits per heavy atom. The lowest BCUT2D eigenvalue weighted by Crippen LogP contribution is -2.36. The fourth-order valence-electron chi connectivity index (χ4n) is 4.03. The van der Waals surface area contributed by atoms with Crippen LogP contribution in [0.1, 0.15) is 22.0 Å². The first-order valence-corrected chi connectivity index (χ1v) is 12.3. The molecule has 2 N–H and O–H groups in total. The van der Waals surface area contributed by atoms with Crippen LogP contribution in [0.15, 0.2) is 73.4 Å². The highest BCUT2D eigenvalue weighted by Gasteiger charge is 2.20. The maximum atomic E-state index is 12.4. The van der Waals surface area contributed by atoms with Crippen LogP contribution < -0.4 is 20.3 Å². The molecule has 41 heavy (non-hydrogen) atoms. The van der Waals surface area contributed by atoms with Crippen molar-refractivity contribution in [2.75, 3.05) is 62.9 Å². The van der Waals surface area contributed by atoms with Crippen LogP contribution in [-0.4, -0.2) is 78.0 Å². The molecule has 1 aliphatic rings. The van der Waals surface area contributed by atoms with Crippen molar-refractivity contribution in [3.05, 3.63) is 79.0 Å². The molecule has 1 aliphatic heterocycles. The molecule has 0 aliphatic carbocycles. The molecular weight excluding hydrogens is 520 g/mol. The second-order valence-corrected chi connectivity index (χ2v) is 8.49. The minimum absolute atomic E-state index is 0.0962. The molecule has 3 heterocycles. The van der Waals surface area contributed by atoms with Crippen LogP contribution in [-0.2, 0) is 16.0 Å². The van der Waals surface area contributed by atoms with Gasteiger partial charge in [-0.05, 0) is 26.1 Å². The Balaban J connectivity index is 1.67. The van der Waals surface area contributed by atoms with Crippen LogP contribution >= 0.6 is 0 Å². The number of amides is 1.